The number of carbonyl (C=O) groups excluding carboxylic acids is 1. The average molecular weight is 300 g/mol. The number of ether oxygens (including phenoxy) is 2. The van der Waals surface area contributed by atoms with Gasteiger partial charge in [-0.25, -0.2) is 9.59 Å². The zero-order valence-electron chi connectivity index (χ0n) is 12.3. The normalized spacial score (nSPS) is 11.5. The summed E-state index contributed by atoms with van der Waals surface area (Å²) in [4.78, 5) is 23.1. The summed E-state index contributed by atoms with van der Waals surface area (Å²) in [6.45, 7) is 3.47. The zero-order valence-corrected chi connectivity index (χ0v) is 12.3. The van der Waals surface area contributed by atoms with Crippen LogP contribution in [0.3, 0.4) is 0 Å². The molecule has 2 rings (SSSR count). The molecule has 2 aromatic carbocycles. The molecule has 0 aliphatic rings. The van der Waals surface area contributed by atoms with Crippen LogP contribution in [0, 0.1) is 6.92 Å². The molecule has 5 heteroatoms. The number of carbonyl (C=O) groups is 2. The van der Waals surface area contributed by atoms with Crippen molar-refractivity contribution < 1.29 is 24.2 Å². The van der Waals surface area contributed by atoms with E-state index in [0.29, 0.717) is 5.75 Å². The Balaban J connectivity index is 2.07. The SMILES string of the molecule is Cc1cccc(OC(C)C(=O)Oc2ccccc2C(=O)O)c1. The number of aromatic carboxylic acids is 1. The number of rotatable bonds is 5. The average Bonchev–Trinajstić information content (AvgIpc) is 2.47. The van der Waals surface area contributed by atoms with Crippen LogP contribution >= 0.6 is 0 Å². The van der Waals surface area contributed by atoms with E-state index in [1.807, 2.05) is 19.1 Å². The third kappa shape index (κ3) is 3.85. The fraction of sp³-hybridized carbons (Fsp3) is 0.176. The van der Waals surface area contributed by atoms with Gasteiger partial charge in [0.25, 0.3) is 0 Å². The first-order chi connectivity index (χ1) is 10.5. The van der Waals surface area contributed by atoms with Crippen LogP contribution in [0.4, 0.5) is 0 Å². The Labute approximate surface area is 128 Å². The van der Waals surface area contributed by atoms with E-state index in [9.17, 15) is 9.59 Å². The van der Waals surface area contributed by atoms with E-state index in [0.717, 1.165) is 5.56 Å². The molecule has 1 atom stereocenters. The first kappa shape index (κ1) is 15.6. The van der Waals surface area contributed by atoms with E-state index in [4.69, 9.17) is 14.6 Å². The fourth-order valence-corrected chi connectivity index (χ4v) is 1.86. The lowest BCUT2D eigenvalue weighted by atomic mass is 10.2. The smallest absolute Gasteiger partial charge is 0.352 e. The molecule has 114 valence electrons. The van der Waals surface area contributed by atoms with Crippen LogP contribution in [0.5, 0.6) is 11.5 Å². The lowest BCUT2D eigenvalue weighted by molar-refractivity contribution is -0.141. The first-order valence-electron chi connectivity index (χ1n) is 6.74. The molecule has 0 radical (unpaired) electrons. The topological polar surface area (TPSA) is 72.8 Å². The molecule has 0 heterocycles. The molecule has 0 aliphatic heterocycles. The van der Waals surface area contributed by atoms with Crippen LogP contribution < -0.4 is 9.47 Å². The van der Waals surface area contributed by atoms with Crippen molar-refractivity contribution in [2.45, 2.75) is 20.0 Å². The van der Waals surface area contributed by atoms with Gasteiger partial charge in [0.05, 0.1) is 0 Å². The molecule has 0 bridgehead atoms. The molecule has 0 fully saturated rings. The van der Waals surface area contributed by atoms with Crippen molar-refractivity contribution in [1.82, 2.24) is 0 Å². The van der Waals surface area contributed by atoms with Gasteiger partial charge < -0.3 is 14.6 Å². The van der Waals surface area contributed by atoms with Gasteiger partial charge >= 0.3 is 11.9 Å². The predicted octanol–water partition coefficient (Wildman–Crippen LogP) is 3.07. The monoisotopic (exact) mass is 300 g/mol. The van der Waals surface area contributed by atoms with Crippen molar-refractivity contribution in [2.75, 3.05) is 0 Å². The van der Waals surface area contributed by atoms with Crippen molar-refractivity contribution >= 4 is 11.9 Å². The van der Waals surface area contributed by atoms with Crippen molar-refractivity contribution in [3.63, 3.8) is 0 Å². The number of hydrogen-bond donors (Lipinski definition) is 1. The number of carboxylic acid groups (broad SMARTS) is 1. The quantitative estimate of drug-likeness (QED) is 0.678. The van der Waals surface area contributed by atoms with Crippen LogP contribution in [0.1, 0.15) is 22.8 Å². The summed E-state index contributed by atoms with van der Waals surface area (Å²) in [7, 11) is 0. The molecular formula is C17H16O5. The molecular weight excluding hydrogens is 284 g/mol. The number of carboxylic acids is 1. The first-order valence-corrected chi connectivity index (χ1v) is 6.74. The molecule has 0 spiro atoms. The summed E-state index contributed by atoms with van der Waals surface area (Å²) in [5, 5.41) is 9.06. The third-order valence-corrected chi connectivity index (χ3v) is 2.96. The van der Waals surface area contributed by atoms with Crippen LogP contribution in [0.25, 0.3) is 0 Å². The van der Waals surface area contributed by atoms with Crippen molar-refractivity contribution in [1.29, 1.82) is 0 Å². The van der Waals surface area contributed by atoms with Gasteiger partial charge in [0, 0.05) is 0 Å². The van der Waals surface area contributed by atoms with E-state index >= 15 is 0 Å². The maximum atomic E-state index is 12.0. The van der Waals surface area contributed by atoms with E-state index in [1.165, 1.54) is 12.1 Å². The molecule has 0 aromatic heterocycles. The Kier molecular flexibility index (Phi) is 4.78. The Morgan fingerprint density at radius 1 is 1.09 bits per heavy atom. The second kappa shape index (κ2) is 6.76. The van der Waals surface area contributed by atoms with Crippen molar-refractivity contribution in [3.05, 3.63) is 59.7 Å². The molecule has 5 nitrogen and oxygen atoms in total. The highest BCUT2D eigenvalue weighted by Crippen LogP contribution is 2.20. The number of aryl methyl sites for hydroxylation is 1. The van der Waals surface area contributed by atoms with Crippen LogP contribution in [-0.2, 0) is 4.79 Å². The number of benzene rings is 2. The lowest BCUT2D eigenvalue weighted by Gasteiger charge is -2.15. The number of hydrogen-bond acceptors (Lipinski definition) is 4. The molecule has 1 unspecified atom stereocenters. The fourth-order valence-electron chi connectivity index (χ4n) is 1.86. The highest BCUT2D eigenvalue weighted by molar-refractivity contribution is 5.92. The lowest BCUT2D eigenvalue weighted by Crippen LogP contribution is -2.29. The minimum atomic E-state index is -1.16. The molecule has 0 aliphatic carbocycles. The Morgan fingerprint density at radius 3 is 2.50 bits per heavy atom. The second-order valence-electron chi connectivity index (χ2n) is 4.80. The summed E-state index contributed by atoms with van der Waals surface area (Å²) < 4.78 is 10.6. The van der Waals surface area contributed by atoms with Crippen LogP contribution in [0.15, 0.2) is 48.5 Å². The highest BCUT2D eigenvalue weighted by atomic mass is 16.6. The molecule has 2 aromatic rings. The summed E-state index contributed by atoms with van der Waals surface area (Å²) in [5.74, 6) is -1.26. The summed E-state index contributed by atoms with van der Waals surface area (Å²) in [6, 6.07) is 13.2. The Morgan fingerprint density at radius 2 is 1.82 bits per heavy atom. The molecule has 1 N–H and O–H groups in total. The number of esters is 1. The van der Waals surface area contributed by atoms with Gasteiger partial charge in [0.15, 0.2) is 6.10 Å². The van der Waals surface area contributed by atoms with Crippen molar-refractivity contribution in [2.24, 2.45) is 0 Å². The minimum absolute atomic E-state index is 0.000285. The van der Waals surface area contributed by atoms with Gasteiger partial charge in [0.1, 0.15) is 17.1 Å². The second-order valence-corrected chi connectivity index (χ2v) is 4.80. The van der Waals surface area contributed by atoms with E-state index in [1.54, 1.807) is 31.2 Å². The van der Waals surface area contributed by atoms with Gasteiger partial charge in [-0.2, -0.15) is 0 Å². The standard InChI is InChI=1S/C17H16O5/c1-11-6-5-7-13(10-11)21-12(2)17(20)22-15-9-4-3-8-14(15)16(18)19/h3-10,12H,1-2H3,(H,18,19). The maximum absolute atomic E-state index is 12.0. The Hall–Kier alpha value is -2.82. The van der Waals surface area contributed by atoms with E-state index in [-0.39, 0.29) is 11.3 Å². The number of para-hydroxylation sites is 1. The summed E-state index contributed by atoms with van der Waals surface area (Å²) in [5.41, 5.74) is 0.938. The molecule has 0 saturated heterocycles. The molecule has 22 heavy (non-hydrogen) atoms. The molecule has 0 saturated carbocycles. The minimum Gasteiger partial charge on any atom is -0.479 e. The van der Waals surface area contributed by atoms with E-state index < -0.39 is 18.0 Å². The van der Waals surface area contributed by atoms with Gasteiger partial charge in [-0.15, -0.1) is 0 Å². The van der Waals surface area contributed by atoms with Crippen LogP contribution in [0.2, 0.25) is 0 Å². The van der Waals surface area contributed by atoms with Gasteiger partial charge in [-0.1, -0.05) is 24.3 Å². The van der Waals surface area contributed by atoms with Gasteiger partial charge in [0.2, 0.25) is 0 Å². The van der Waals surface area contributed by atoms with Crippen molar-refractivity contribution in [3.8, 4) is 11.5 Å². The summed E-state index contributed by atoms with van der Waals surface area (Å²) >= 11 is 0. The molecule has 0 amide bonds. The van der Waals surface area contributed by atoms with E-state index in [2.05, 4.69) is 0 Å². The highest BCUT2D eigenvalue weighted by Gasteiger charge is 2.20. The van der Waals surface area contributed by atoms with Gasteiger partial charge in [-0.3, -0.25) is 0 Å². The van der Waals surface area contributed by atoms with Crippen LogP contribution in [-0.4, -0.2) is 23.1 Å². The Bertz CT molecular complexity index is 693. The predicted molar refractivity (Wildman–Crippen MR) is 80.3 cm³/mol. The third-order valence-electron chi connectivity index (χ3n) is 2.96. The maximum Gasteiger partial charge on any atom is 0.352 e. The summed E-state index contributed by atoms with van der Waals surface area (Å²) in [6.07, 6.45) is -0.858. The zero-order chi connectivity index (χ0) is 16.1. The van der Waals surface area contributed by atoms with Gasteiger partial charge in [-0.05, 0) is 43.7 Å². The largest absolute Gasteiger partial charge is 0.479 e.